The zero-order valence-electron chi connectivity index (χ0n) is 9.96. The second kappa shape index (κ2) is 5.21. The van der Waals surface area contributed by atoms with Crippen LogP contribution in [0, 0.1) is 0 Å². The summed E-state index contributed by atoms with van der Waals surface area (Å²) in [6.45, 7) is 2.27. The number of hydrogen-bond donors (Lipinski definition) is 1. The number of nitrogens with zero attached hydrogens (tertiary/aromatic N) is 5. The Kier molecular flexibility index (Phi) is 3.63. The first-order valence-electron chi connectivity index (χ1n) is 5.44. The fourth-order valence-electron chi connectivity index (χ4n) is 1.48. The quantitative estimate of drug-likeness (QED) is 0.915. The molecule has 0 aliphatic heterocycles. The summed E-state index contributed by atoms with van der Waals surface area (Å²) in [5, 5.41) is 6.76. The Morgan fingerprint density at radius 3 is 2.84 bits per heavy atom. The predicted octanol–water partition coefficient (Wildman–Crippen LogP) is 1.59. The van der Waals surface area contributed by atoms with Crippen LogP contribution in [0.15, 0.2) is 24.9 Å². The molecule has 2 aromatic rings. The van der Waals surface area contributed by atoms with Gasteiger partial charge in [0, 0.05) is 12.2 Å². The molecule has 102 valence electrons. The molecule has 19 heavy (non-hydrogen) atoms. The predicted molar refractivity (Wildman–Crippen MR) is 60.1 cm³/mol. The lowest BCUT2D eigenvalue weighted by Gasteiger charge is -2.15. The van der Waals surface area contributed by atoms with Gasteiger partial charge in [-0.3, -0.25) is 4.68 Å². The van der Waals surface area contributed by atoms with E-state index in [1.165, 1.54) is 18.7 Å². The van der Waals surface area contributed by atoms with E-state index in [-0.39, 0.29) is 11.9 Å². The molecule has 0 unspecified atom stereocenters. The minimum Gasteiger partial charge on any atom is -0.366 e. The molecule has 1 N–H and O–H groups in total. The van der Waals surface area contributed by atoms with E-state index in [4.69, 9.17) is 0 Å². The van der Waals surface area contributed by atoms with Crippen LogP contribution in [0.25, 0.3) is 0 Å². The molecule has 0 fully saturated rings. The van der Waals surface area contributed by atoms with Gasteiger partial charge in [-0.1, -0.05) is 0 Å². The van der Waals surface area contributed by atoms with Crippen LogP contribution in [0.5, 0.6) is 0 Å². The van der Waals surface area contributed by atoms with E-state index in [2.05, 4.69) is 25.4 Å². The first-order chi connectivity index (χ1) is 8.95. The van der Waals surface area contributed by atoms with Crippen molar-refractivity contribution in [3.8, 4) is 0 Å². The van der Waals surface area contributed by atoms with Gasteiger partial charge in [-0.25, -0.2) is 15.0 Å². The van der Waals surface area contributed by atoms with E-state index >= 15 is 0 Å². The molecule has 0 saturated heterocycles. The largest absolute Gasteiger partial charge is 0.451 e. The highest BCUT2D eigenvalue weighted by Gasteiger charge is 2.34. The van der Waals surface area contributed by atoms with Gasteiger partial charge in [-0.15, -0.1) is 0 Å². The second-order valence-corrected chi connectivity index (χ2v) is 3.93. The molecule has 0 saturated carbocycles. The smallest absolute Gasteiger partial charge is 0.366 e. The molecular formula is C10H11F3N6. The maximum atomic E-state index is 12.4. The SMILES string of the molecule is C[C@@H](Cn1cncn1)Nc1ccnc(C(F)(F)F)n1. The third-order valence-electron chi connectivity index (χ3n) is 2.23. The Bertz CT molecular complexity index is 524. The molecule has 0 amide bonds. The average molecular weight is 272 g/mol. The van der Waals surface area contributed by atoms with Crippen molar-refractivity contribution in [1.29, 1.82) is 0 Å². The Balaban J connectivity index is 2.03. The molecule has 2 rings (SSSR count). The van der Waals surface area contributed by atoms with Crippen molar-refractivity contribution in [2.45, 2.75) is 25.7 Å². The fraction of sp³-hybridized carbons (Fsp3) is 0.400. The molecule has 0 aromatic carbocycles. The fourth-order valence-corrected chi connectivity index (χ4v) is 1.48. The van der Waals surface area contributed by atoms with E-state index in [1.807, 2.05) is 0 Å². The van der Waals surface area contributed by atoms with E-state index in [0.29, 0.717) is 6.54 Å². The summed E-state index contributed by atoms with van der Waals surface area (Å²) < 4.78 is 38.9. The lowest BCUT2D eigenvalue weighted by atomic mass is 10.3. The van der Waals surface area contributed by atoms with Gasteiger partial charge in [-0.2, -0.15) is 18.3 Å². The van der Waals surface area contributed by atoms with Crippen LogP contribution in [0.4, 0.5) is 19.0 Å². The summed E-state index contributed by atoms with van der Waals surface area (Å²) in [6, 6.07) is 1.23. The van der Waals surface area contributed by atoms with Crippen LogP contribution in [0.1, 0.15) is 12.7 Å². The van der Waals surface area contributed by atoms with Gasteiger partial charge in [0.05, 0.1) is 6.54 Å². The Morgan fingerprint density at radius 1 is 1.42 bits per heavy atom. The number of anilines is 1. The maximum absolute atomic E-state index is 12.4. The van der Waals surface area contributed by atoms with Crippen LogP contribution >= 0.6 is 0 Å². The van der Waals surface area contributed by atoms with Gasteiger partial charge >= 0.3 is 6.18 Å². The minimum atomic E-state index is -4.55. The molecule has 0 aliphatic rings. The van der Waals surface area contributed by atoms with Crippen LogP contribution in [0.2, 0.25) is 0 Å². The third kappa shape index (κ3) is 3.63. The monoisotopic (exact) mass is 272 g/mol. The molecule has 6 nitrogen and oxygen atoms in total. The summed E-state index contributed by atoms with van der Waals surface area (Å²) >= 11 is 0. The maximum Gasteiger partial charge on any atom is 0.451 e. The van der Waals surface area contributed by atoms with Crippen molar-refractivity contribution >= 4 is 5.82 Å². The number of aromatic nitrogens is 5. The summed E-state index contributed by atoms with van der Waals surface area (Å²) in [4.78, 5) is 10.4. The summed E-state index contributed by atoms with van der Waals surface area (Å²) in [5.41, 5.74) is 0. The minimum absolute atomic E-state index is 0.120. The summed E-state index contributed by atoms with van der Waals surface area (Å²) in [5.74, 6) is -1.04. The van der Waals surface area contributed by atoms with E-state index < -0.39 is 12.0 Å². The van der Waals surface area contributed by atoms with Crippen LogP contribution in [0.3, 0.4) is 0 Å². The normalized spacial score (nSPS) is 13.3. The highest BCUT2D eigenvalue weighted by atomic mass is 19.4. The van der Waals surface area contributed by atoms with E-state index in [9.17, 15) is 13.2 Å². The average Bonchev–Trinajstić information content (AvgIpc) is 2.80. The molecule has 1 atom stereocenters. The van der Waals surface area contributed by atoms with Gasteiger partial charge in [0.2, 0.25) is 5.82 Å². The first kappa shape index (κ1) is 13.2. The molecule has 0 bridgehead atoms. The molecule has 9 heteroatoms. The standard InChI is InChI=1S/C10H11F3N6/c1-7(4-19-6-14-5-16-19)17-8-2-3-15-9(18-8)10(11,12)13/h2-3,5-7H,4H2,1H3,(H,15,17,18)/t7-/m0/s1. The van der Waals surface area contributed by atoms with Crippen molar-refractivity contribution in [3.05, 3.63) is 30.7 Å². The third-order valence-corrected chi connectivity index (χ3v) is 2.23. The van der Waals surface area contributed by atoms with Crippen LogP contribution in [-0.2, 0) is 12.7 Å². The molecule has 0 aliphatic carbocycles. The number of alkyl halides is 3. The van der Waals surface area contributed by atoms with Crippen molar-refractivity contribution in [2.75, 3.05) is 5.32 Å². The number of rotatable bonds is 4. The van der Waals surface area contributed by atoms with Gasteiger partial charge in [0.25, 0.3) is 0 Å². The van der Waals surface area contributed by atoms with Crippen LogP contribution < -0.4 is 5.32 Å². The number of nitrogens with one attached hydrogen (secondary N) is 1. The van der Waals surface area contributed by atoms with Crippen molar-refractivity contribution in [2.24, 2.45) is 0 Å². The zero-order chi connectivity index (χ0) is 13.9. The second-order valence-electron chi connectivity index (χ2n) is 3.93. The topological polar surface area (TPSA) is 68.5 Å². The van der Waals surface area contributed by atoms with Crippen molar-refractivity contribution in [3.63, 3.8) is 0 Å². The van der Waals surface area contributed by atoms with Crippen molar-refractivity contribution in [1.82, 2.24) is 24.7 Å². The molecule has 0 radical (unpaired) electrons. The summed E-state index contributed by atoms with van der Waals surface area (Å²) in [6.07, 6.45) is -0.564. The van der Waals surface area contributed by atoms with Gasteiger partial charge in [0.15, 0.2) is 0 Å². The Labute approximate surface area is 106 Å². The molecular weight excluding hydrogens is 261 g/mol. The molecule has 0 spiro atoms. The lowest BCUT2D eigenvalue weighted by molar-refractivity contribution is -0.144. The van der Waals surface area contributed by atoms with E-state index in [1.54, 1.807) is 11.6 Å². The summed E-state index contributed by atoms with van der Waals surface area (Å²) in [7, 11) is 0. The Morgan fingerprint density at radius 2 is 2.21 bits per heavy atom. The molecule has 2 heterocycles. The highest BCUT2D eigenvalue weighted by Crippen LogP contribution is 2.26. The van der Waals surface area contributed by atoms with Gasteiger partial charge in [0.1, 0.15) is 18.5 Å². The van der Waals surface area contributed by atoms with Gasteiger partial charge in [-0.05, 0) is 13.0 Å². The number of halogens is 3. The van der Waals surface area contributed by atoms with Crippen molar-refractivity contribution < 1.29 is 13.2 Å². The lowest BCUT2D eigenvalue weighted by Crippen LogP contribution is -2.23. The van der Waals surface area contributed by atoms with E-state index in [0.717, 1.165) is 6.20 Å². The Hall–Kier alpha value is -2.19. The molecule has 2 aromatic heterocycles. The zero-order valence-corrected chi connectivity index (χ0v) is 9.96. The number of hydrogen-bond acceptors (Lipinski definition) is 5. The first-order valence-corrected chi connectivity index (χ1v) is 5.44. The highest BCUT2D eigenvalue weighted by molar-refractivity contribution is 5.34. The van der Waals surface area contributed by atoms with Crippen LogP contribution in [-0.4, -0.2) is 30.8 Å². The van der Waals surface area contributed by atoms with Gasteiger partial charge < -0.3 is 5.32 Å².